The monoisotopic (exact) mass is 547 g/mol. The molecule has 0 aromatic heterocycles. The molecule has 0 bridgehead atoms. The van der Waals surface area contributed by atoms with Crippen LogP contribution in [-0.4, -0.2) is 35.8 Å². The van der Waals surface area contributed by atoms with Crippen LogP contribution in [0.4, 0.5) is 11.4 Å². The van der Waals surface area contributed by atoms with Gasteiger partial charge in [0.2, 0.25) is 17.7 Å². The van der Waals surface area contributed by atoms with E-state index in [9.17, 15) is 14.4 Å². The fraction of sp³-hybridized carbons (Fsp3) is 0.207. The lowest BCUT2D eigenvalue weighted by molar-refractivity contribution is -0.128. The van der Waals surface area contributed by atoms with Crippen LogP contribution in [-0.2, 0) is 14.4 Å². The molecule has 3 aliphatic heterocycles. The molecule has 9 heteroatoms. The van der Waals surface area contributed by atoms with E-state index in [-0.39, 0.29) is 5.91 Å². The minimum atomic E-state index is -0.945. The Hall–Kier alpha value is -3.81. The summed E-state index contributed by atoms with van der Waals surface area (Å²) < 4.78 is 5.40. The zero-order valence-corrected chi connectivity index (χ0v) is 22.0. The molecule has 2 saturated heterocycles. The summed E-state index contributed by atoms with van der Waals surface area (Å²) in [4.78, 5) is 45.1. The van der Waals surface area contributed by atoms with Gasteiger partial charge in [-0.05, 0) is 60.0 Å². The van der Waals surface area contributed by atoms with Crippen LogP contribution < -0.4 is 15.0 Å². The summed E-state index contributed by atoms with van der Waals surface area (Å²) in [5.74, 6) is -2.45. The topological polar surface area (TPSA) is 79.0 Å². The Morgan fingerprint density at radius 1 is 0.947 bits per heavy atom. The highest BCUT2D eigenvalue weighted by Gasteiger charge is 2.64. The van der Waals surface area contributed by atoms with E-state index >= 15 is 0 Å². The summed E-state index contributed by atoms with van der Waals surface area (Å²) in [7, 11) is 1.50. The third kappa shape index (κ3) is 3.68. The molecule has 0 radical (unpaired) electrons. The van der Waals surface area contributed by atoms with Gasteiger partial charge in [0.1, 0.15) is 11.8 Å². The average molecular weight is 548 g/mol. The van der Waals surface area contributed by atoms with Crippen LogP contribution >= 0.6 is 23.2 Å². The molecule has 6 rings (SSSR count). The average Bonchev–Trinajstić information content (AvgIpc) is 3.38. The predicted molar refractivity (Wildman–Crippen MR) is 146 cm³/mol. The van der Waals surface area contributed by atoms with E-state index in [1.54, 1.807) is 42.6 Å². The molecule has 0 spiro atoms. The van der Waals surface area contributed by atoms with Crippen LogP contribution in [0.25, 0.3) is 6.08 Å². The number of imide groups is 1. The van der Waals surface area contributed by atoms with Crippen molar-refractivity contribution >= 4 is 58.4 Å². The minimum absolute atomic E-state index is 0.346. The van der Waals surface area contributed by atoms with Crippen molar-refractivity contribution in [3.05, 3.63) is 93.6 Å². The van der Waals surface area contributed by atoms with E-state index in [4.69, 9.17) is 27.9 Å². The quantitative estimate of drug-likeness (QED) is 0.438. The van der Waals surface area contributed by atoms with E-state index in [0.29, 0.717) is 27.2 Å². The smallest absolute Gasteiger partial charge is 0.248 e. The van der Waals surface area contributed by atoms with Crippen LogP contribution in [0.5, 0.6) is 5.75 Å². The Morgan fingerprint density at radius 2 is 1.66 bits per heavy atom. The van der Waals surface area contributed by atoms with Crippen LogP contribution in [0.15, 0.2) is 66.9 Å². The van der Waals surface area contributed by atoms with Gasteiger partial charge in [-0.3, -0.25) is 14.4 Å². The summed E-state index contributed by atoms with van der Waals surface area (Å²) in [5, 5.41) is 3.73. The number of aryl methyl sites for hydroxylation is 1. The summed E-state index contributed by atoms with van der Waals surface area (Å²) in [5.41, 5.74) is 3.39. The first kappa shape index (κ1) is 24.5. The van der Waals surface area contributed by atoms with Gasteiger partial charge in [0.05, 0.1) is 36.4 Å². The van der Waals surface area contributed by atoms with Gasteiger partial charge in [0.25, 0.3) is 0 Å². The van der Waals surface area contributed by atoms with Crippen molar-refractivity contribution in [3.8, 4) is 5.75 Å². The van der Waals surface area contributed by atoms with E-state index in [1.807, 2.05) is 42.2 Å². The summed E-state index contributed by atoms with van der Waals surface area (Å²) in [6.07, 6.45) is 3.71. The van der Waals surface area contributed by atoms with Gasteiger partial charge in [-0.2, -0.15) is 0 Å². The van der Waals surface area contributed by atoms with E-state index in [1.165, 1.54) is 12.0 Å². The molecule has 3 aromatic carbocycles. The molecule has 1 N–H and O–H groups in total. The first-order valence-corrected chi connectivity index (χ1v) is 12.9. The van der Waals surface area contributed by atoms with Crippen molar-refractivity contribution < 1.29 is 19.1 Å². The number of carbonyl (C=O) groups excluding carboxylic acids is 3. The second-order valence-electron chi connectivity index (χ2n) is 9.61. The van der Waals surface area contributed by atoms with Crippen molar-refractivity contribution in [1.82, 2.24) is 4.90 Å². The number of halogens is 2. The second kappa shape index (κ2) is 9.19. The summed E-state index contributed by atoms with van der Waals surface area (Å²) in [6, 6.07) is 16.3. The van der Waals surface area contributed by atoms with Gasteiger partial charge >= 0.3 is 0 Å². The zero-order valence-electron chi connectivity index (χ0n) is 20.5. The number of hydrogen-bond acceptors (Lipinski definition) is 5. The number of rotatable bonds is 4. The highest BCUT2D eigenvalue weighted by molar-refractivity contribution is 6.32. The van der Waals surface area contributed by atoms with Crippen LogP contribution in [0.3, 0.4) is 0 Å². The lowest BCUT2D eigenvalue weighted by Crippen LogP contribution is -2.46. The number of nitrogens with zero attached hydrogens (tertiary/aromatic N) is 2. The largest absolute Gasteiger partial charge is 0.495 e. The minimum Gasteiger partial charge on any atom is -0.495 e. The third-order valence-electron chi connectivity index (χ3n) is 7.56. The standard InChI is InChI=1S/C29H23Cl2N3O4/c1-15-7-8-18(31)14-21(15)34-28(36)23-24(29(34)37)26(27(35)32-20-13-17(30)9-10-22(20)38-2)33-12-11-16-5-3-4-6-19(16)25(23)33/h3-14,23-26H,1-2H3,(H,32,35). The maximum atomic E-state index is 14.0. The van der Waals surface area contributed by atoms with Crippen LogP contribution in [0.1, 0.15) is 22.7 Å². The van der Waals surface area contributed by atoms with Crippen LogP contribution in [0.2, 0.25) is 10.0 Å². The van der Waals surface area contributed by atoms with Gasteiger partial charge in [-0.25, -0.2) is 4.90 Å². The summed E-state index contributed by atoms with van der Waals surface area (Å²) >= 11 is 12.4. The maximum Gasteiger partial charge on any atom is 0.248 e. The van der Waals surface area contributed by atoms with Gasteiger partial charge in [-0.1, -0.05) is 53.5 Å². The molecule has 3 aliphatic rings. The molecular weight excluding hydrogens is 525 g/mol. The molecule has 3 heterocycles. The number of hydrogen-bond donors (Lipinski definition) is 1. The van der Waals surface area contributed by atoms with Crippen molar-refractivity contribution in [3.63, 3.8) is 0 Å². The Labute approximate surface area is 229 Å². The van der Waals surface area contributed by atoms with Crippen molar-refractivity contribution in [1.29, 1.82) is 0 Å². The number of amides is 3. The number of anilines is 2. The number of methoxy groups -OCH3 is 1. The molecular formula is C29H23Cl2N3O4. The fourth-order valence-electron chi connectivity index (χ4n) is 5.90. The van der Waals surface area contributed by atoms with E-state index in [2.05, 4.69) is 5.32 Å². The molecule has 192 valence electrons. The molecule has 4 unspecified atom stereocenters. The molecule has 0 saturated carbocycles. The number of fused-ring (bicyclic) bond motifs is 5. The zero-order chi connectivity index (χ0) is 26.7. The molecule has 2 fully saturated rings. The summed E-state index contributed by atoms with van der Waals surface area (Å²) in [6.45, 7) is 1.82. The number of carbonyl (C=O) groups is 3. The molecule has 38 heavy (non-hydrogen) atoms. The Balaban J connectivity index is 1.46. The van der Waals surface area contributed by atoms with Crippen LogP contribution in [0, 0.1) is 18.8 Å². The Bertz CT molecular complexity index is 1540. The predicted octanol–water partition coefficient (Wildman–Crippen LogP) is 5.46. The first-order valence-electron chi connectivity index (χ1n) is 12.1. The first-order chi connectivity index (χ1) is 18.3. The molecule has 0 aliphatic carbocycles. The Morgan fingerprint density at radius 3 is 2.45 bits per heavy atom. The lowest BCUT2D eigenvalue weighted by atomic mass is 9.84. The molecule has 3 amide bonds. The number of benzene rings is 3. The SMILES string of the molecule is COc1ccc(Cl)cc1NC(=O)C1C2C(=O)N(c3cc(Cl)ccc3C)C(=O)C2C2c3ccccc3C=CN12. The number of nitrogens with one attached hydrogen (secondary N) is 1. The third-order valence-corrected chi connectivity index (χ3v) is 8.03. The van der Waals surface area contributed by atoms with Gasteiger partial charge in [-0.15, -0.1) is 0 Å². The van der Waals surface area contributed by atoms with Gasteiger partial charge in [0.15, 0.2) is 0 Å². The fourth-order valence-corrected chi connectivity index (χ4v) is 6.24. The Kier molecular flexibility index (Phi) is 5.93. The normalized spacial score (nSPS) is 23.3. The van der Waals surface area contributed by atoms with E-state index in [0.717, 1.165) is 16.7 Å². The molecule has 4 atom stereocenters. The molecule has 3 aromatic rings. The van der Waals surface area contributed by atoms with Gasteiger partial charge < -0.3 is 15.0 Å². The van der Waals surface area contributed by atoms with Crippen molar-refractivity contribution in [2.45, 2.75) is 19.0 Å². The second-order valence-corrected chi connectivity index (χ2v) is 10.5. The van der Waals surface area contributed by atoms with Gasteiger partial charge in [0, 0.05) is 16.2 Å². The van der Waals surface area contributed by atoms with Crippen molar-refractivity contribution in [2.24, 2.45) is 11.8 Å². The molecule has 7 nitrogen and oxygen atoms in total. The van der Waals surface area contributed by atoms with E-state index < -0.39 is 35.7 Å². The highest BCUT2D eigenvalue weighted by Crippen LogP contribution is 2.53. The highest BCUT2D eigenvalue weighted by atomic mass is 35.5. The maximum absolute atomic E-state index is 14.0. The van der Waals surface area contributed by atoms with Crippen molar-refractivity contribution in [2.75, 3.05) is 17.3 Å². The lowest BCUT2D eigenvalue weighted by Gasteiger charge is -2.35. The number of ether oxygens (including phenoxy) is 1.